The van der Waals surface area contributed by atoms with Crippen molar-refractivity contribution in [1.29, 1.82) is 0 Å². The van der Waals surface area contributed by atoms with Crippen LogP contribution in [0.4, 0.5) is 5.69 Å². The molecule has 0 aliphatic carbocycles. The van der Waals surface area contributed by atoms with Gasteiger partial charge in [-0.05, 0) is 83.2 Å². The summed E-state index contributed by atoms with van der Waals surface area (Å²) < 4.78 is 7.99. The molecule has 1 N–H and O–H groups in total. The number of rotatable bonds is 2. The topological polar surface area (TPSA) is 21.3 Å². The largest absolute Gasteiger partial charge is 0.380 e. The molecule has 2 atom stereocenters. The molecular weight excluding hydrogens is 358 g/mol. The molecule has 100 valence electrons. The van der Waals surface area contributed by atoms with Crippen LogP contribution in [0.2, 0.25) is 0 Å². The fourth-order valence-corrected chi connectivity index (χ4v) is 4.21. The fourth-order valence-electron chi connectivity index (χ4n) is 2.56. The Balaban J connectivity index is 2.14. The van der Waals surface area contributed by atoms with Gasteiger partial charge in [-0.2, -0.15) is 0 Å². The van der Waals surface area contributed by atoms with E-state index < -0.39 is 0 Å². The molecule has 1 aromatic rings. The van der Waals surface area contributed by atoms with Gasteiger partial charge in [0.2, 0.25) is 0 Å². The average molecular weight is 377 g/mol. The summed E-state index contributed by atoms with van der Waals surface area (Å²) in [7, 11) is 0. The van der Waals surface area contributed by atoms with Crippen LogP contribution in [0.1, 0.15) is 32.3 Å². The maximum absolute atomic E-state index is 5.77. The molecular formula is C14H19Br2NO. The van der Waals surface area contributed by atoms with Crippen LogP contribution < -0.4 is 5.32 Å². The van der Waals surface area contributed by atoms with Gasteiger partial charge < -0.3 is 10.1 Å². The van der Waals surface area contributed by atoms with Gasteiger partial charge in [0.15, 0.2) is 0 Å². The first-order valence-corrected chi connectivity index (χ1v) is 7.92. The minimum atomic E-state index is 0.328. The van der Waals surface area contributed by atoms with Crippen molar-refractivity contribution in [1.82, 2.24) is 0 Å². The predicted molar refractivity (Wildman–Crippen MR) is 83.2 cm³/mol. The van der Waals surface area contributed by atoms with Crippen LogP contribution in [-0.4, -0.2) is 18.2 Å². The lowest BCUT2D eigenvalue weighted by molar-refractivity contribution is -0.0337. The zero-order valence-electron chi connectivity index (χ0n) is 11.0. The summed E-state index contributed by atoms with van der Waals surface area (Å²) in [5.41, 5.74) is 2.39. The molecule has 1 heterocycles. The monoisotopic (exact) mass is 375 g/mol. The van der Waals surface area contributed by atoms with E-state index in [0.29, 0.717) is 18.2 Å². The van der Waals surface area contributed by atoms with Gasteiger partial charge in [-0.15, -0.1) is 0 Å². The number of ether oxygens (including phenoxy) is 1. The third-order valence-electron chi connectivity index (χ3n) is 3.23. The molecule has 1 aliphatic heterocycles. The van der Waals surface area contributed by atoms with E-state index in [1.165, 1.54) is 5.56 Å². The van der Waals surface area contributed by atoms with E-state index in [4.69, 9.17) is 4.74 Å². The lowest BCUT2D eigenvalue weighted by atomic mass is 9.99. The Bertz CT molecular complexity index is 403. The van der Waals surface area contributed by atoms with Crippen LogP contribution in [0.15, 0.2) is 21.1 Å². The molecule has 1 saturated heterocycles. The van der Waals surface area contributed by atoms with Gasteiger partial charge in [0.1, 0.15) is 0 Å². The number of nitrogens with one attached hydrogen (secondary N) is 1. The maximum Gasteiger partial charge on any atom is 0.0631 e. The highest BCUT2D eigenvalue weighted by molar-refractivity contribution is 9.11. The van der Waals surface area contributed by atoms with Crippen molar-refractivity contribution in [3.63, 3.8) is 0 Å². The normalized spacial score (nSPS) is 28.2. The van der Waals surface area contributed by atoms with Gasteiger partial charge in [-0.3, -0.25) is 0 Å². The van der Waals surface area contributed by atoms with E-state index in [1.807, 2.05) is 0 Å². The Morgan fingerprint density at radius 1 is 1.11 bits per heavy atom. The van der Waals surface area contributed by atoms with Crippen LogP contribution in [0.5, 0.6) is 0 Å². The predicted octanol–water partition coefficient (Wildman–Crippen LogP) is 4.89. The summed E-state index contributed by atoms with van der Waals surface area (Å²) in [6.07, 6.45) is 2.76. The number of anilines is 1. The summed E-state index contributed by atoms with van der Waals surface area (Å²) in [6.45, 7) is 6.38. The van der Waals surface area contributed by atoms with Gasteiger partial charge in [-0.25, -0.2) is 0 Å². The highest BCUT2D eigenvalue weighted by Gasteiger charge is 2.25. The molecule has 4 heteroatoms. The minimum absolute atomic E-state index is 0.328. The first-order valence-electron chi connectivity index (χ1n) is 6.33. The Morgan fingerprint density at radius 2 is 1.61 bits per heavy atom. The van der Waals surface area contributed by atoms with Gasteiger partial charge >= 0.3 is 0 Å². The molecule has 0 amide bonds. The second-order valence-electron chi connectivity index (χ2n) is 5.17. The lowest BCUT2D eigenvalue weighted by Crippen LogP contribution is -2.37. The maximum atomic E-state index is 5.77. The molecule has 2 nitrogen and oxygen atoms in total. The third kappa shape index (κ3) is 3.49. The van der Waals surface area contributed by atoms with Crippen LogP contribution in [0.3, 0.4) is 0 Å². The molecule has 18 heavy (non-hydrogen) atoms. The van der Waals surface area contributed by atoms with Gasteiger partial charge in [0.05, 0.1) is 17.9 Å². The smallest absolute Gasteiger partial charge is 0.0631 e. The molecule has 0 saturated carbocycles. The van der Waals surface area contributed by atoms with E-state index in [2.05, 4.69) is 70.1 Å². The fraction of sp³-hybridized carbons (Fsp3) is 0.571. The second kappa shape index (κ2) is 5.93. The molecule has 1 fully saturated rings. The summed E-state index contributed by atoms with van der Waals surface area (Å²) in [5.74, 6) is 0. The number of hydrogen-bond donors (Lipinski definition) is 1. The van der Waals surface area contributed by atoms with Crippen LogP contribution in [-0.2, 0) is 4.74 Å². The van der Waals surface area contributed by atoms with E-state index in [0.717, 1.165) is 27.5 Å². The second-order valence-corrected chi connectivity index (χ2v) is 6.88. The van der Waals surface area contributed by atoms with Crippen LogP contribution in [0.25, 0.3) is 0 Å². The first kappa shape index (κ1) is 14.4. The molecule has 0 bridgehead atoms. The number of benzene rings is 1. The van der Waals surface area contributed by atoms with Crippen LogP contribution in [0, 0.1) is 6.92 Å². The van der Waals surface area contributed by atoms with E-state index >= 15 is 0 Å². The molecule has 0 radical (unpaired) electrons. The summed E-state index contributed by atoms with van der Waals surface area (Å²) in [6, 6.07) is 4.75. The number of aryl methyl sites for hydroxylation is 1. The molecule has 1 aliphatic rings. The zero-order chi connectivity index (χ0) is 13.3. The highest BCUT2D eigenvalue weighted by atomic mass is 79.9. The van der Waals surface area contributed by atoms with Gasteiger partial charge in [-0.1, -0.05) is 0 Å². The van der Waals surface area contributed by atoms with Crippen molar-refractivity contribution < 1.29 is 4.74 Å². The Kier molecular flexibility index (Phi) is 4.73. The standard InChI is InChI=1S/C14H19Br2NO/c1-8-4-12(15)14(13(16)5-8)17-11-6-9(2)18-10(3)7-11/h4-5,9-11,17H,6-7H2,1-3H3. The Hall–Kier alpha value is -0.0600. The quantitative estimate of drug-likeness (QED) is 0.793. The molecule has 1 aromatic carbocycles. The minimum Gasteiger partial charge on any atom is -0.380 e. The highest BCUT2D eigenvalue weighted by Crippen LogP contribution is 2.34. The van der Waals surface area contributed by atoms with Crippen molar-refractivity contribution in [2.45, 2.75) is 51.9 Å². The molecule has 2 unspecified atom stereocenters. The summed E-state index contributed by atoms with van der Waals surface area (Å²) in [4.78, 5) is 0. The summed E-state index contributed by atoms with van der Waals surface area (Å²) >= 11 is 7.26. The molecule has 0 aromatic heterocycles. The van der Waals surface area contributed by atoms with E-state index in [1.54, 1.807) is 0 Å². The molecule has 2 rings (SSSR count). The SMILES string of the molecule is Cc1cc(Br)c(NC2CC(C)OC(C)C2)c(Br)c1. The first-order chi connectivity index (χ1) is 8.45. The average Bonchev–Trinajstić information content (AvgIpc) is 2.22. The molecule has 0 spiro atoms. The number of halogens is 2. The van der Waals surface area contributed by atoms with Crippen molar-refractivity contribution in [3.05, 3.63) is 26.6 Å². The van der Waals surface area contributed by atoms with Crippen molar-refractivity contribution in [2.75, 3.05) is 5.32 Å². The van der Waals surface area contributed by atoms with Crippen LogP contribution >= 0.6 is 31.9 Å². The summed E-state index contributed by atoms with van der Waals surface area (Å²) in [5, 5.41) is 3.63. The van der Waals surface area contributed by atoms with E-state index in [9.17, 15) is 0 Å². The van der Waals surface area contributed by atoms with Crippen molar-refractivity contribution in [3.8, 4) is 0 Å². The van der Waals surface area contributed by atoms with E-state index in [-0.39, 0.29) is 0 Å². The Labute approximate surface area is 126 Å². The van der Waals surface area contributed by atoms with Crippen molar-refractivity contribution >= 4 is 37.5 Å². The number of hydrogen-bond acceptors (Lipinski definition) is 2. The Morgan fingerprint density at radius 3 is 2.11 bits per heavy atom. The lowest BCUT2D eigenvalue weighted by Gasteiger charge is -2.33. The van der Waals surface area contributed by atoms with Gasteiger partial charge in [0, 0.05) is 15.0 Å². The third-order valence-corrected chi connectivity index (χ3v) is 4.48. The van der Waals surface area contributed by atoms with Crippen molar-refractivity contribution in [2.24, 2.45) is 0 Å². The van der Waals surface area contributed by atoms with Gasteiger partial charge in [0.25, 0.3) is 0 Å². The zero-order valence-corrected chi connectivity index (χ0v) is 14.1.